The lowest BCUT2D eigenvalue weighted by atomic mass is 9.89. The zero-order valence-electron chi connectivity index (χ0n) is 21.1. The molecule has 0 aliphatic carbocycles. The molecule has 5 rings (SSSR count). The number of imidazole rings is 1. The molecule has 0 unspecified atom stereocenters. The lowest BCUT2D eigenvalue weighted by Gasteiger charge is -2.36. The van der Waals surface area contributed by atoms with Crippen molar-refractivity contribution in [3.63, 3.8) is 0 Å². The third kappa shape index (κ3) is 5.08. The number of aromatic amines is 2. The van der Waals surface area contributed by atoms with Gasteiger partial charge >= 0.3 is 6.18 Å². The number of piperidine rings is 1. The van der Waals surface area contributed by atoms with E-state index in [2.05, 4.69) is 15.1 Å². The molecule has 206 valence electrons. The molecule has 12 heteroatoms. The summed E-state index contributed by atoms with van der Waals surface area (Å²) in [6.07, 6.45) is -3.28. The summed E-state index contributed by atoms with van der Waals surface area (Å²) in [5.74, 6) is -1.41. The number of nitrogens with one attached hydrogen (secondary N) is 2. The molecule has 4 aromatic rings. The van der Waals surface area contributed by atoms with Gasteiger partial charge < -0.3 is 15.0 Å². The van der Waals surface area contributed by atoms with Crippen molar-refractivity contribution in [3.8, 4) is 17.2 Å². The molecule has 2 aromatic carbocycles. The monoisotopic (exact) mass is 545 g/mol. The van der Waals surface area contributed by atoms with E-state index in [1.54, 1.807) is 12.1 Å². The van der Waals surface area contributed by atoms with E-state index in [0.717, 1.165) is 10.4 Å². The number of H-pyrrole nitrogens is 2. The van der Waals surface area contributed by atoms with Crippen molar-refractivity contribution in [2.24, 2.45) is 5.92 Å². The quantitative estimate of drug-likeness (QED) is 0.314. The van der Waals surface area contributed by atoms with Crippen molar-refractivity contribution in [1.82, 2.24) is 24.6 Å². The van der Waals surface area contributed by atoms with Crippen LogP contribution in [0.1, 0.15) is 31.7 Å². The van der Waals surface area contributed by atoms with E-state index in [-0.39, 0.29) is 24.6 Å². The molecule has 1 atom stereocenters. The van der Waals surface area contributed by atoms with Gasteiger partial charge in [-0.1, -0.05) is 12.1 Å². The van der Waals surface area contributed by atoms with Gasteiger partial charge in [0.05, 0.1) is 16.7 Å². The maximum atomic E-state index is 13.6. The number of hydrogen-bond acceptors (Lipinski definition) is 4. The second-order valence-electron chi connectivity index (χ2n) is 10.0. The molecule has 0 bridgehead atoms. The van der Waals surface area contributed by atoms with Crippen LogP contribution >= 0.6 is 0 Å². The van der Waals surface area contributed by atoms with Crippen molar-refractivity contribution < 1.29 is 27.5 Å². The maximum Gasteiger partial charge on any atom is 0.426 e. The van der Waals surface area contributed by atoms with Gasteiger partial charge in [-0.2, -0.15) is 17.9 Å². The average molecular weight is 546 g/mol. The number of aromatic nitrogens is 4. The number of fused-ring (bicyclic) bond motifs is 1. The lowest BCUT2D eigenvalue weighted by Crippen LogP contribution is -2.57. The van der Waals surface area contributed by atoms with E-state index in [1.165, 1.54) is 16.8 Å². The Bertz CT molecular complexity index is 1510. The number of hydrogen-bond donors (Lipinski definition) is 3. The lowest BCUT2D eigenvalue weighted by molar-refractivity contribution is -0.250. The fourth-order valence-corrected chi connectivity index (χ4v) is 4.96. The molecular weight excluding hydrogens is 518 g/mol. The van der Waals surface area contributed by atoms with Crippen molar-refractivity contribution >= 4 is 16.9 Å². The molecular formula is C27H27F4N5O3. The molecule has 1 amide bonds. The topological polar surface area (TPSA) is 107 Å². The number of carbonyl (C=O) groups excluding carboxylic acids is 1. The number of nitrogens with zero attached hydrogens (tertiary/aromatic N) is 3. The number of carbonyl (C=O) groups is 1. The van der Waals surface area contributed by atoms with Crippen molar-refractivity contribution in [2.75, 3.05) is 13.1 Å². The second-order valence-corrected chi connectivity index (χ2v) is 10.0. The molecule has 1 fully saturated rings. The Labute approximate surface area is 220 Å². The fourth-order valence-electron chi connectivity index (χ4n) is 4.96. The average Bonchev–Trinajstić information content (AvgIpc) is 3.48. The van der Waals surface area contributed by atoms with E-state index in [0.29, 0.717) is 60.9 Å². The van der Waals surface area contributed by atoms with E-state index in [9.17, 15) is 32.3 Å². The minimum Gasteiger partial charge on any atom is -0.373 e. The number of likely N-dealkylation sites (tertiary alicyclic amines) is 1. The number of aliphatic hydroxyl groups is 1. The highest BCUT2D eigenvalue weighted by Crippen LogP contribution is 2.33. The highest BCUT2D eigenvalue weighted by atomic mass is 19.4. The summed E-state index contributed by atoms with van der Waals surface area (Å²) in [5.41, 5.74) is -0.698. The van der Waals surface area contributed by atoms with Crippen LogP contribution in [0.2, 0.25) is 0 Å². The Balaban J connectivity index is 1.36. The van der Waals surface area contributed by atoms with E-state index in [4.69, 9.17) is 0 Å². The SMILES string of the molecule is C[C@](O)(C(=O)N1CCC(CCc2c(-c3ccc(F)cc3)[nH]n(-c3nc4ccccc4[nH]3)c2=O)CC1)C(F)(F)F. The van der Waals surface area contributed by atoms with Crippen molar-refractivity contribution in [1.29, 1.82) is 0 Å². The predicted octanol–water partition coefficient (Wildman–Crippen LogP) is 4.33. The summed E-state index contributed by atoms with van der Waals surface area (Å²) in [6, 6.07) is 13.1. The first-order valence-corrected chi connectivity index (χ1v) is 12.6. The first-order chi connectivity index (χ1) is 18.5. The van der Waals surface area contributed by atoms with E-state index < -0.39 is 23.5 Å². The number of halogens is 4. The zero-order chi connectivity index (χ0) is 27.9. The predicted molar refractivity (Wildman–Crippen MR) is 136 cm³/mol. The smallest absolute Gasteiger partial charge is 0.373 e. The number of benzene rings is 2. The maximum absolute atomic E-state index is 13.6. The van der Waals surface area contributed by atoms with Crippen LogP contribution in [0.15, 0.2) is 53.3 Å². The minimum atomic E-state index is -5.06. The molecule has 3 N–H and O–H groups in total. The summed E-state index contributed by atoms with van der Waals surface area (Å²) in [5, 5.41) is 12.8. The Hall–Kier alpha value is -3.93. The summed E-state index contributed by atoms with van der Waals surface area (Å²) in [6.45, 7) is 0.630. The molecule has 1 aliphatic rings. The van der Waals surface area contributed by atoms with Crippen LogP contribution < -0.4 is 5.56 Å². The van der Waals surface area contributed by atoms with Gasteiger partial charge in [-0.3, -0.25) is 14.7 Å². The fraction of sp³-hybridized carbons (Fsp3) is 0.370. The summed E-state index contributed by atoms with van der Waals surface area (Å²) < 4.78 is 54.2. The molecule has 3 heterocycles. The molecule has 0 saturated carbocycles. The summed E-state index contributed by atoms with van der Waals surface area (Å²) >= 11 is 0. The standard InChI is InChI=1S/C27H27F4N5O3/c1-26(39,27(29,30)31)24(38)35-14-12-16(13-15-35)6-11-19-22(17-7-9-18(28)10-8-17)34-36(23(19)37)25-32-20-4-2-3-5-21(20)33-25/h2-5,7-10,16,34,39H,6,11-15H2,1H3,(H,32,33)/t26-/m0/s1. The minimum absolute atomic E-state index is 0.0555. The van der Waals surface area contributed by atoms with Crippen molar-refractivity contribution in [2.45, 2.75) is 44.4 Å². The van der Waals surface area contributed by atoms with Crippen LogP contribution in [0, 0.1) is 11.7 Å². The van der Waals surface area contributed by atoms with Gasteiger partial charge in [-0.05, 0) is 74.9 Å². The van der Waals surface area contributed by atoms with Crippen LogP contribution in [0.4, 0.5) is 17.6 Å². The highest BCUT2D eigenvalue weighted by molar-refractivity contribution is 5.85. The molecule has 39 heavy (non-hydrogen) atoms. The highest BCUT2D eigenvalue weighted by Gasteiger charge is 2.57. The normalized spacial score (nSPS) is 16.5. The van der Waals surface area contributed by atoms with Gasteiger partial charge in [0, 0.05) is 24.2 Å². The van der Waals surface area contributed by atoms with Crippen LogP contribution in [-0.2, 0) is 11.2 Å². The van der Waals surface area contributed by atoms with Crippen LogP contribution in [-0.4, -0.2) is 60.5 Å². The summed E-state index contributed by atoms with van der Waals surface area (Å²) in [7, 11) is 0. The van der Waals surface area contributed by atoms with Gasteiger partial charge in [0.2, 0.25) is 11.5 Å². The third-order valence-corrected chi connectivity index (χ3v) is 7.38. The molecule has 1 saturated heterocycles. The zero-order valence-corrected chi connectivity index (χ0v) is 21.1. The number of rotatable bonds is 6. The van der Waals surface area contributed by atoms with Crippen molar-refractivity contribution in [3.05, 3.63) is 70.3 Å². The Kier molecular flexibility index (Phi) is 6.83. The second kappa shape index (κ2) is 9.99. The number of alkyl halides is 3. The first kappa shape index (κ1) is 26.7. The van der Waals surface area contributed by atoms with Gasteiger partial charge in [0.15, 0.2) is 0 Å². The van der Waals surface area contributed by atoms with Crippen LogP contribution in [0.25, 0.3) is 28.2 Å². The molecule has 0 radical (unpaired) electrons. The van der Waals surface area contributed by atoms with Gasteiger partial charge in [-0.25, -0.2) is 9.37 Å². The van der Waals surface area contributed by atoms with E-state index in [1.807, 2.05) is 24.3 Å². The van der Waals surface area contributed by atoms with Gasteiger partial charge in [0.1, 0.15) is 5.82 Å². The van der Waals surface area contributed by atoms with E-state index >= 15 is 0 Å². The Morgan fingerprint density at radius 3 is 2.41 bits per heavy atom. The Morgan fingerprint density at radius 2 is 1.77 bits per heavy atom. The Morgan fingerprint density at radius 1 is 1.10 bits per heavy atom. The van der Waals surface area contributed by atoms with Gasteiger partial charge in [-0.15, -0.1) is 0 Å². The third-order valence-electron chi connectivity index (χ3n) is 7.38. The number of para-hydroxylation sites is 2. The van der Waals surface area contributed by atoms with Gasteiger partial charge in [0.25, 0.3) is 11.5 Å². The molecule has 2 aromatic heterocycles. The van der Waals surface area contributed by atoms with Crippen LogP contribution in [0.3, 0.4) is 0 Å². The molecule has 8 nitrogen and oxygen atoms in total. The first-order valence-electron chi connectivity index (χ1n) is 12.6. The van der Waals surface area contributed by atoms with Crippen LogP contribution in [0.5, 0.6) is 0 Å². The molecule has 1 aliphatic heterocycles. The number of amides is 1. The largest absolute Gasteiger partial charge is 0.426 e. The summed E-state index contributed by atoms with van der Waals surface area (Å²) in [4.78, 5) is 34.5. The molecule has 0 spiro atoms.